The number of carboxylic acid groups (broad SMARTS) is 1. The minimum Gasteiger partial charge on any atom is -0.476 e. The van der Waals surface area contributed by atoms with Crippen LogP contribution in [0.5, 0.6) is 0 Å². The number of carbonyl (C=O) groups is 1. The molecule has 1 aromatic rings. The van der Waals surface area contributed by atoms with Crippen LogP contribution in [0.25, 0.3) is 0 Å². The summed E-state index contributed by atoms with van der Waals surface area (Å²) in [5, 5.41) is 13.4. The zero-order chi connectivity index (χ0) is 11.8. The van der Waals surface area contributed by atoms with E-state index in [-0.39, 0.29) is 5.69 Å². The van der Waals surface area contributed by atoms with Gasteiger partial charge < -0.3 is 9.84 Å². The summed E-state index contributed by atoms with van der Waals surface area (Å²) in [6.07, 6.45) is 5.91. The van der Waals surface area contributed by atoms with Gasteiger partial charge in [0, 0.05) is 5.56 Å². The molecule has 0 spiro atoms. The molecule has 1 N–H and O–H groups in total. The fraction of sp³-hybridized carbons (Fsp3) is 0.667. The summed E-state index contributed by atoms with van der Waals surface area (Å²) in [5.74, 6) is -0.943. The number of ether oxygens (including phenoxy) is 1. The topological polar surface area (TPSA) is 64.3 Å². The molecule has 0 radical (unpaired) electrons. The van der Waals surface area contributed by atoms with Crippen LogP contribution in [0.3, 0.4) is 0 Å². The first-order valence-corrected chi connectivity index (χ1v) is 6.18. The minimum atomic E-state index is -0.943. The van der Waals surface area contributed by atoms with E-state index in [0.29, 0.717) is 19.3 Å². The summed E-state index contributed by atoms with van der Waals surface area (Å²) in [6.45, 7) is 0.899. The lowest BCUT2D eigenvalue weighted by Gasteiger charge is -2.23. The van der Waals surface area contributed by atoms with Crippen LogP contribution < -0.4 is 0 Å². The maximum atomic E-state index is 11.1. The molecule has 1 fully saturated rings. The lowest BCUT2D eigenvalue weighted by Crippen LogP contribution is -2.17. The molecule has 1 aromatic heterocycles. The average molecular weight is 236 g/mol. The maximum absolute atomic E-state index is 11.1. The summed E-state index contributed by atoms with van der Waals surface area (Å²) < 4.78 is 7.27. The van der Waals surface area contributed by atoms with Gasteiger partial charge in [0.05, 0.1) is 24.9 Å². The number of rotatable bonds is 2. The van der Waals surface area contributed by atoms with Crippen molar-refractivity contribution in [1.29, 1.82) is 0 Å². The second-order valence-corrected chi connectivity index (χ2v) is 4.81. The van der Waals surface area contributed by atoms with Crippen molar-refractivity contribution < 1.29 is 14.6 Å². The SMILES string of the molecule is O=C(O)c1nn(C2CCCCC2)c2c1COC2. The lowest BCUT2D eigenvalue weighted by molar-refractivity contribution is 0.0680. The second kappa shape index (κ2) is 4.14. The Hall–Kier alpha value is -1.36. The number of nitrogens with zero attached hydrogens (tertiary/aromatic N) is 2. The van der Waals surface area contributed by atoms with Gasteiger partial charge in [-0.15, -0.1) is 0 Å². The Balaban J connectivity index is 1.99. The Kier molecular flexibility index (Phi) is 2.63. The number of fused-ring (bicyclic) bond motifs is 1. The molecule has 1 saturated carbocycles. The van der Waals surface area contributed by atoms with Crippen molar-refractivity contribution in [3.8, 4) is 0 Å². The molecular weight excluding hydrogens is 220 g/mol. The van der Waals surface area contributed by atoms with Crippen LogP contribution in [0.1, 0.15) is 59.9 Å². The number of aromatic nitrogens is 2. The highest BCUT2D eigenvalue weighted by Gasteiger charge is 2.30. The molecule has 92 valence electrons. The van der Waals surface area contributed by atoms with Gasteiger partial charge in [-0.1, -0.05) is 19.3 Å². The minimum absolute atomic E-state index is 0.183. The summed E-state index contributed by atoms with van der Waals surface area (Å²) in [5.41, 5.74) is 1.94. The van der Waals surface area contributed by atoms with E-state index in [0.717, 1.165) is 24.1 Å². The molecule has 5 heteroatoms. The highest BCUT2D eigenvalue weighted by atomic mass is 16.5. The van der Waals surface area contributed by atoms with Crippen molar-refractivity contribution in [1.82, 2.24) is 9.78 Å². The normalized spacial score (nSPS) is 20.5. The van der Waals surface area contributed by atoms with Gasteiger partial charge in [0.25, 0.3) is 0 Å². The predicted octanol–water partition coefficient (Wildman–Crippen LogP) is 2.12. The zero-order valence-electron chi connectivity index (χ0n) is 9.69. The fourth-order valence-corrected chi connectivity index (χ4v) is 2.86. The fourth-order valence-electron chi connectivity index (χ4n) is 2.86. The summed E-state index contributed by atoms with van der Waals surface area (Å²) in [4.78, 5) is 11.1. The third kappa shape index (κ3) is 1.74. The van der Waals surface area contributed by atoms with Crippen LogP contribution in [0.4, 0.5) is 0 Å². The predicted molar refractivity (Wildman–Crippen MR) is 59.8 cm³/mol. The molecule has 3 rings (SSSR count). The molecule has 1 aliphatic heterocycles. The van der Waals surface area contributed by atoms with E-state index in [9.17, 15) is 4.79 Å². The Morgan fingerprint density at radius 2 is 2.06 bits per heavy atom. The largest absolute Gasteiger partial charge is 0.476 e. The van der Waals surface area contributed by atoms with E-state index in [4.69, 9.17) is 9.84 Å². The van der Waals surface area contributed by atoms with Crippen molar-refractivity contribution in [3.05, 3.63) is 17.0 Å². The molecule has 0 bridgehead atoms. The lowest BCUT2D eigenvalue weighted by atomic mass is 9.95. The van der Waals surface area contributed by atoms with Crippen molar-refractivity contribution in [2.24, 2.45) is 0 Å². The van der Waals surface area contributed by atoms with Gasteiger partial charge in [-0.05, 0) is 12.8 Å². The molecule has 0 amide bonds. The van der Waals surface area contributed by atoms with Gasteiger partial charge >= 0.3 is 5.97 Å². The highest BCUT2D eigenvalue weighted by molar-refractivity contribution is 5.87. The van der Waals surface area contributed by atoms with Crippen molar-refractivity contribution in [2.45, 2.75) is 51.4 Å². The monoisotopic (exact) mass is 236 g/mol. The summed E-state index contributed by atoms with van der Waals surface area (Å²) in [6, 6.07) is 0.368. The molecule has 17 heavy (non-hydrogen) atoms. The van der Waals surface area contributed by atoms with Crippen molar-refractivity contribution in [3.63, 3.8) is 0 Å². The number of aromatic carboxylic acids is 1. The Labute approximate surface area is 99.4 Å². The molecule has 0 atom stereocenters. The average Bonchev–Trinajstić information content (AvgIpc) is 2.90. The first-order valence-electron chi connectivity index (χ1n) is 6.18. The highest BCUT2D eigenvalue weighted by Crippen LogP contribution is 2.33. The third-order valence-corrected chi connectivity index (χ3v) is 3.73. The molecule has 5 nitrogen and oxygen atoms in total. The van der Waals surface area contributed by atoms with E-state index >= 15 is 0 Å². The number of hydrogen-bond donors (Lipinski definition) is 1. The molecule has 1 aliphatic carbocycles. The van der Waals surface area contributed by atoms with E-state index in [2.05, 4.69) is 5.10 Å². The van der Waals surface area contributed by atoms with Gasteiger partial charge in [-0.25, -0.2) is 4.79 Å². The molecular formula is C12H16N2O3. The molecule has 0 unspecified atom stereocenters. The van der Waals surface area contributed by atoms with Gasteiger partial charge in [0.15, 0.2) is 5.69 Å². The summed E-state index contributed by atoms with van der Waals surface area (Å²) >= 11 is 0. The standard InChI is InChI=1S/C12H16N2O3/c15-12(16)11-9-6-17-7-10(9)14(13-11)8-4-2-1-3-5-8/h8H,1-7H2,(H,15,16). The van der Waals surface area contributed by atoms with Crippen LogP contribution in [0, 0.1) is 0 Å². The van der Waals surface area contributed by atoms with Crippen LogP contribution in [-0.4, -0.2) is 20.9 Å². The van der Waals surface area contributed by atoms with Crippen molar-refractivity contribution >= 4 is 5.97 Å². The van der Waals surface area contributed by atoms with Crippen LogP contribution in [0.15, 0.2) is 0 Å². The number of hydrogen-bond acceptors (Lipinski definition) is 3. The summed E-state index contributed by atoms with van der Waals surface area (Å²) in [7, 11) is 0. The second-order valence-electron chi connectivity index (χ2n) is 4.81. The third-order valence-electron chi connectivity index (χ3n) is 3.73. The Morgan fingerprint density at radius 1 is 1.29 bits per heavy atom. The van der Waals surface area contributed by atoms with E-state index in [1.54, 1.807) is 0 Å². The van der Waals surface area contributed by atoms with E-state index in [1.807, 2.05) is 4.68 Å². The first-order chi connectivity index (χ1) is 8.27. The van der Waals surface area contributed by atoms with Crippen LogP contribution >= 0.6 is 0 Å². The molecule has 0 aromatic carbocycles. The van der Waals surface area contributed by atoms with Crippen LogP contribution in [-0.2, 0) is 18.0 Å². The van der Waals surface area contributed by atoms with Gasteiger partial charge in [-0.3, -0.25) is 4.68 Å². The van der Waals surface area contributed by atoms with E-state index in [1.165, 1.54) is 19.3 Å². The quantitative estimate of drug-likeness (QED) is 0.854. The molecule has 2 aliphatic rings. The van der Waals surface area contributed by atoms with Gasteiger partial charge in [0.2, 0.25) is 0 Å². The van der Waals surface area contributed by atoms with Gasteiger partial charge in [-0.2, -0.15) is 5.10 Å². The van der Waals surface area contributed by atoms with E-state index < -0.39 is 5.97 Å². The van der Waals surface area contributed by atoms with Crippen molar-refractivity contribution in [2.75, 3.05) is 0 Å². The molecule has 2 heterocycles. The number of carboxylic acids is 1. The maximum Gasteiger partial charge on any atom is 0.356 e. The van der Waals surface area contributed by atoms with Crippen LogP contribution in [0.2, 0.25) is 0 Å². The first kappa shape index (κ1) is 10.8. The smallest absolute Gasteiger partial charge is 0.356 e. The zero-order valence-corrected chi connectivity index (χ0v) is 9.69. The molecule has 0 saturated heterocycles. The van der Waals surface area contributed by atoms with Gasteiger partial charge in [0.1, 0.15) is 0 Å². The Morgan fingerprint density at radius 3 is 2.76 bits per heavy atom. The Bertz CT molecular complexity index is 447.